The van der Waals surface area contributed by atoms with Crippen LogP contribution in [0.2, 0.25) is 0 Å². The van der Waals surface area contributed by atoms with E-state index >= 15 is 0 Å². The van der Waals surface area contributed by atoms with Crippen LogP contribution in [0.5, 0.6) is 0 Å². The molecule has 1 saturated heterocycles. The average Bonchev–Trinajstić information content (AvgIpc) is 2.46. The van der Waals surface area contributed by atoms with Crippen LogP contribution in [0.1, 0.15) is 18.4 Å². The average molecular weight is 258 g/mol. The van der Waals surface area contributed by atoms with Crippen LogP contribution in [0.25, 0.3) is 0 Å². The molecule has 0 saturated carbocycles. The molecule has 1 aromatic rings. The van der Waals surface area contributed by atoms with Gasteiger partial charge in [-0.3, -0.25) is 4.79 Å². The van der Waals surface area contributed by atoms with E-state index in [4.69, 9.17) is 11.0 Å². The highest BCUT2D eigenvalue weighted by Gasteiger charge is 2.24. The Labute approximate surface area is 113 Å². The van der Waals surface area contributed by atoms with E-state index in [2.05, 4.69) is 16.3 Å². The zero-order chi connectivity index (χ0) is 13.8. The summed E-state index contributed by atoms with van der Waals surface area (Å²) < 4.78 is 0. The number of nitrogens with zero attached hydrogens (tertiary/aromatic N) is 2. The molecule has 5 nitrogen and oxygen atoms in total. The van der Waals surface area contributed by atoms with Crippen LogP contribution in [0.3, 0.4) is 0 Å². The number of carbonyl (C=O) groups excluding carboxylic acids is 1. The fourth-order valence-electron chi connectivity index (χ4n) is 2.45. The number of nitrogens with two attached hydrogens (primary N) is 1. The summed E-state index contributed by atoms with van der Waals surface area (Å²) in [5.41, 5.74) is 7.85. The van der Waals surface area contributed by atoms with E-state index in [-0.39, 0.29) is 11.8 Å². The molecule has 0 spiro atoms. The second-order valence-corrected chi connectivity index (χ2v) is 4.76. The van der Waals surface area contributed by atoms with Gasteiger partial charge in [-0.15, -0.1) is 0 Å². The molecule has 19 heavy (non-hydrogen) atoms. The Hall–Kier alpha value is -2.22. The minimum Gasteiger partial charge on any atom is -0.398 e. The lowest BCUT2D eigenvalue weighted by Gasteiger charge is -2.33. The maximum atomic E-state index is 11.6. The van der Waals surface area contributed by atoms with Crippen molar-refractivity contribution in [2.75, 3.05) is 30.8 Å². The number of hydrogen-bond donors (Lipinski definition) is 2. The SMILES string of the molecule is CNC(=O)C1CCN(c2ccc(C#N)c(N)c2)CC1. The Morgan fingerprint density at radius 3 is 2.68 bits per heavy atom. The van der Waals surface area contributed by atoms with Crippen molar-refractivity contribution in [1.82, 2.24) is 5.32 Å². The normalized spacial score (nSPS) is 15.9. The van der Waals surface area contributed by atoms with Crippen LogP contribution in [0, 0.1) is 17.2 Å². The van der Waals surface area contributed by atoms with Crippen LogP contribution in [0.4, 0.5) is 11.4 Å². The Kier molecular flexibility index (Phi) is 3.91. The summed E-state index contributed by atoms with van der Waals surface area (Å²) in [7, 11) is 1.68. The summed E-state index contributed by atoms with van der Waals surface area (Å²) in [6.07, 6.45) is 1.69. The molecule has 1 fully saturated rings. The van der Waals surface area contributed by atoms with Crippen LogP contribution < -0.4 is 16.0 Å². The summed E-state index contributed by atoms with van der Waals surface area (Å²) in [6.45, 7) is 1.67. The molecule has 2 rings (SSSR count). The van der Waals surface area contributed by atoms with Crippen LogP contribution in [-0.2, 0) is 4.79 Å². The first-order valence-electron chi connectivity index (χ1n) is 6.42. The molecule has 0 radical (unpaired) electrons. The first-order valence-corrected chi connectivity index (χ1v) is 6.42. The van der Waals surface area contributed by atoms with Crippen molar-refractivity contribution in [3.05, 3.63) is 23.8 Å². The van der Waals surface area contributed by atoms with Crippen LogP contribution in [-0.4, -0.2) is 26.0 Å². The standard InChI is InChI=1S/C14H18N4O/c1-17-14(19)10-4-6-18(7-5-10)12-3-2-11(9-15)13(16)8-12/h2-3,8,10H,4-7,16H2,1H3,(H,17,19). The van der Waals surface area contributed by atoms with Crippen molar-refractivity contribution in [1.29, 1.82) is 5.26 Å². The van der Waals surface area contributed by atoms with Gasteiger partial charge in [0.25, 0.3) is 0 Å². The van der Waals surface area contributed by atoms with Crippen molar-refractivity contribution in [2.24, 2.45) is 5.92 Å². The van der Waals surface area contributed by atoms with Gasteiger partial charge in [0.05, 0.1) is 11.3 Å². The molecule has 1 aromatic carbocycles. The highest BCUT2D eigenvalue weighted by atomic mass is 16.1. The molecule has 3 N–H and O–H groups in total. The molecule has 1 aliphatic rings. The van der Waals surface area contributed by atoms with Gasteiger partial charge in [0.2, 0.25) is 5.91 Å². The van der Waals surface area contributed by atoms with E-state index in [0.29, 0.717) is 11.3 Å². The Bertz CT molecular complexity index is 513. The smallest absolute Gasteiger partial charge is 0.222 e. The lowest BCUT2D eigenvalue weighted by atomic mass is 9.95. The lowest BCUT2D eigenvalue weighted by molar-refractivity contribution is -0.125. The number of amides is 1. The third kappa shape index (κ3) is 2.79. The highest BCUT2D eigenvalue weighted by Crippen LogP contribution is 2.26. The largest absolute Gasteiger partial charge is 0.398 e. The fraction of sp³-hybridized carbons (Fsp3) is 0.429. The van der Waals surface area contributed by atoms with Gasteiger partial charge in [0.15, 0.2) is 0 Å². The number of hydrogen-bond acceptors (Lipinski definition) is 4. The third-order valence-electron chi connectivity index (χ3n) is 3.63. The Morgan fingerprint density at radius 2 is 2.16 bits per heavy atom. The summed E-state index contributed by atoms with van der Waals surface area (Å²) in [5.74, 6) is 0.232. The van der Waals surface area contributed by atoms with Gasteiger partial charge >= 0.3 is 0 Å². The molecule has 0 aliphatic carbocycles. The van der Waals surface area contributed by atoms with Crippen molar-refractivity contribution in [2.45, 2.75) is 12.8 Å². The van der Waals surface area contributed by atoms with Gasteiger partial charge in [-0.2, -0.15) is 5.26 Å². The monoisotopic (exact) mass is 258 g/mol. The zero-order valence-electron chi connectivity index (χ0n) is 11.0. The molecule has 1 heterocycles. The van der Waals surface area contributed by atoms with Crippen molar-refractivity contribution in [3.63, 3.8) is 0 Å². The minimum absolute atomic E-state index is 0.108. The molecule has 0 atom stereocenters. The molecule has 0 aromatic heterocycles. The van der Waals surface area contributed by atoms with Gasteiger partial charge in [0.1, 0.15) is 6.07 Å². The van der Waals surface area contributed by atoms with Gasteiger partial charge in [-0.1, -0.05) is 0 Å². The molecule has 5 heteroatoms. The molecule has 0 bridgehead atoms. The summed E-state index contributed by atoms with van der Waals surface area (Å²) in [4.78, 5) is 13.8. The maximum absolute atomic E-state index is 11.6. The van der Waals surface area contributed by atoms with Crippen LogP contribution >= 0.6 is 0 Å². The first kappa shape index (κ1) is 13.2. The van der Waals surface area contributed by atoms with Crippen molar-refractivity contribution in [3.8, 4) is 6.07 Å². The number of nitriles is 1. The predicted molar refractivity (Wildman–Crippen MR) is 74.6 cm³/mol. The molecule has 100 valence electrons. The van der Waals surface area contributed by atoms with Gasteiger partial charge in [-0.05, 0) is 31.0 Å². The fourth-order valence-corrected chi connectivity index (χ4v) is 2.45. The predicted octanol–water partition coefficient (Wildman–Crippen LogP) is 1.10. The number of nitrogen functional groups attached to an aromatic ring is 1. The quantitative estimate of drug-likeness (QED) is 0.778. The molecular weight excluding hydrogens is 240 g/mol. The molecule has 1 aliphatic heterocycles. The maximum Gasteiger partial charge on any atom is 0.222 e. The third-order valence-corrected chi connectivity index (χ3v) is 3.63. The Balaban J connectivity index is 2.04. The molecular formula is C14H18N4O. The Morgan fingerprint density at radius 1 is 1.47 bits per heavy atom. The number of piperidine rings is 1. The number of nitrogens with one attached hydrogen (secondary N) is 1. The zero-order valence-corrected chi connectivity index (χ0v) is 11.0. The number of rotatable bonds is 2. The number of benzene rings is 1. The highest BCUT2D eigenvalue weighted by molar-refractivity contribution is 5.78. The van der Waals surface area contributed by atoms with E-state index in [9.17, 15) is 4.79 Å². The van der Waals surface area contributed by atoms with Gasteiger partial charge in [0, 0.05) is 31.7 Å². The van der Waals surface area contributed by atoms with Crippen molar-refractivity contribution < 1.29 is 4.79 Å². The van der Waals surface area contributed by atoms with Gasteiger partial charge in [-0.25, -0.2) is 0 Å². The lowest BCUT2D eigenvalue weighted by Crippen LogP contribution is -2.39. The number of carbonyl (C=O) groups is 1. The van der Waals surface area contributed by atoms with E-state index in [1.165, 1.54) is 0 Å². The summed E-state index contributed by atoms with van der Waals surface area (Å²) in [5, 5.41) is 11.6. The molecule has 1 amide bonds. The number of anilines is 2. The van der Waals surface area contributed by atoms with Crippen LogP contribution in [0.15, 0.2) is 18.2 Å². The summed E-state index contributed by atoms with van der Waals surface area (Å²) >= 11 is 0. The van der Waals surface area contributed by atoms with Gasteiger partial charge < -0.3 is 16.0 Å². The minimum atomic E-state index is 0.108. The van der Waals surface area contributed by atoms with Crippen molar-refractivity contribution >= 4 is 17.3 Å². The topological polar surface area (TPSA) is 82.2 Å². The van der Waals surface area contributed by atoms with E-state index < -0.39 is 0 Å². The molecule has 0 unspecified atom stereocenters. The van der Waals surface area contributed by atoms with E-state index in [1.807, 2.05) is 12.1 Å². The van der Waals surface area contributed by atoms with E-state index in [0.717, 1.165) is 31.6 Å². The van der Waals surface area contributed by atoms with E-state index in [1.54, 1.807) is 13.1 Å². The summed E-state index contributed by atoms with van der Waals surface area (Å²) in [6, 6.07) is 7.55. The second-order valence-electron chi connectivity index (χ2n) is 4.76. The first-order chi connectivity index (χ1) is 9.15. The second kappa shape index (κ2) is 5.61.